The van der Waals surface area contributed by atoms with Gasteiger partial charge in [-0.1, -0.05) is 53.5 Å². The number of aromatic carboxylic acids is 1. The minimum absolute atomic E-state index is 0.00745. The number of nitriles is 1. The van der Waals surface area contributed by atoms with E-state index in [2.05, 4.69) is 5.32 Å². The second-order valence-electron chi connectivity index (χ2n) is 6.54. The van der Waals surface area contributed by atoms with E-state index in [1.807, 2.05) is 0 Å². The van der Waals surface area contributed by atoms with Crippen molar-refractivity contribution in [3.05, 3.63) is 99.0 Å². The summed E-state index contributed by atoms with van der Waals surface area (Å²) in [7, 11) is 0. The molecule has 0 bridgehead atoms. The molecule has 0 unspecified atom stereocenters. The normalized spacial score (nSPS) is 10.8. The SMILES string of the molecule is N#C/C(=C\c1cc(Cl)c(OC(=O)c2ccccc2)c(Cl)c1)C(=O)Nc1ccccc1C(=O)O. The molecule has 0 aliphatic carbocycles. The zero-order valence-corrected chi connectivity index (χ0v) is 18.2. The summed E-state index contributed by atoms with van der Waals surface area (Å²) in [6, 6.07) is 18.5. The summed E-state index contributed by atoms with van der Waals surface area (Å²) in [5.41, 5.74) is 0.187. The molecule has 3 aromatic rings. The lowest BCUT2D eigenvalue weighted by Gasteiger charge is -2.10. The Morgan fingerprint density at radius 1 is 0.970 bits per heavy atom. The molecule has 33 heavy (non-hydrogen) atoms. The molecule has 1 amide bonds. The van der Waals surface area contributed by atoms with E-state index in [0.717, 1.165) is 0 Å². The van der Waals surface area contributed by atoms with Gasteiger partial charge in [0.05, 0.1) is 26.9 Å². The molecule has 0 atom stereocenters. The summed E-state index contributed by atoms with van der Waals surface area (Å²) in [4.78, 5) is 36.1. The third-order valence-electron chi connectivity index (χ3n) is 4.31. The first-order chi connectivity index (χ1) is 15.8. The highest BCUT2D eigenvalue weighted by molar-refractivity contribution is 6.37. The number of esters is 1. The Kier molecular flexibility index (Phi) is 7.46. The molecule has 164 valence electrons. The lowest BCUT2D eigenvalue weighted by Crippen LogP contribution is -2.16. The molecule has 2 N–H and O–H groups in total. The molecule has 7 nitrogen and oxygen atoms in total. The molecule has 0 radical (unpaired) electrons. The molecule has 3 rings (SSSR count). The number of amides is 1. The highest BCUT2D eigenvalue weighted by atomic mass is 35.5. The number of rotatable bonds is 6. The van der Waals surface area contributed by atoms with E-state index in [1.165, 1.54) is 36.4 Å². The molecule has 0 saturated heterocycles. The van der Waals surface area contributed by atoms with Crippen LogP contribution >= 0.6 is 23.2 Å². The number of ether oxygens (including phenoxy) is 1. The van der Waals surface area contributed by atoms with E-state index < -0.39 is 17.8 Å². The number of anilines is 1. The van der Waals surface area contributed by atoms with Crippen LogP contribution < -0.4 is 10.1 Å². The van der Waals surface area contributed by atoms with Crippen molar-refractivity contribution in [1.29, 1.82) is 5.26 Å². The fourth-order valence-electron chi connectivity index (χ4n) is 2.77. The summed E-state index contributed by atoms with van der Waals surface area (Å²) in [5, 5.41) is 21.0. The van der Waals surface area contributed by atoms with E-state index in [-0.39, 0.29) is 32.6 Å². The number of carbonyl (C=O) groups is 3. The van der Waals surface area contributed by atoms with Crippen molar-refractivity contribution in [3.63, 3.8) is 0 Å². The molecule has 0 aliphatic heterocycles. The Morgan fingerprint density at radius 2 is 1.58 bits per heavy atom. The van der Waals surface area contributed by atoms with Crippen LogP contribution in [0.15, 0.2) is 72.3 Å². The van der Waals surface area contributed by atoms with Gasteiger partial charge in [-0.15, -0.1) is 0 Å². The van der Waals surface area contributed by atoms with Crippen LogP contribution in [0.1, 0.15) is 26.3 Å². The van der Waals surface area contributed by atoms with Gasteiger partial charge < -0.3 is 15.2 Å². The van der Waals surface area contributed by atoms with Gasteiger partial charge in [-0.3, -0.25) is 4.79 Å². The van der Waals surface area contributed by atoms with Gasteiger partial charge in [-0.25, -0.2) is 9.59 Å². The van der Waals surface area contributed by atoms with E-state index >= 15 is 0 Å². The standard InChI is InChI=1S/C24H14Cl2N2O5/c25-18-11-14(12-19(26)21(18)33-24(32)15-6-2-1-3-7-15)10-16(13-27)22(29)28-20-9-5-4-8-17(20)23(30)31/h1-12H,(H,28,29)(H,30,31)/b16-10+. The van der Waals surface area contributed by atoms with Crippen LogP contribution in [0.2, 0.25) is 10.0 Å². The van der Waals surface area contributed by atoms with Gasteiger partial charge >= 0.3 is 11.9 Å². The van der Waals surface area contributed by atoms with E-state index in [1.54, 1.807) is 42.5 Å². The molecule has 3 aromatic carbocycles. The zero-order chi connectivity index (χ0) is 24.0. The van der Waals surface area contributed by atoms with Gasteiger partial charge in [-0.05, 0) is 48.0 Å². The third kappa shape index (κ3) is 5.77. The highest BCUT2D eigenvalue weighted by Gasteiger charge is 2.18. The van der Waals surface area contributed by atoms with Gasteiger partial charge in [0.1, 0.15) is 11.6 Å². The molecule has 0 aliphatic rings. The van der Waals surface area contributed by atoms with Crippen LogP contribution in [-0.4, -0.2) is 23.0 Å². The number of para-hydroxylation sites is 1. The number of halogens is 2. The molecule has 0 fully saturated rings. The van der Waals surface area contributed by atoms with Crippen molar-refractivity contribution in [2.45, 2.75) is 0 Å². The topological polar surface area (TPSA) is 116 Å². The van der Waals surface area contributed by atoms with Crippen molar-refractivity contribution < 1.29 is 24.2 Å². The first kappa shape index (κ1) is 23.5. The number of hydrogen-bond donors (Lipinski definition) is 2. The monoisotopic (exact) mass is 480 g/mol. The van der Waals surface area contributed by atoms with Crippen LogP contribution in [0.5, 0.6) is 5.75 Å². The molecule has 0 saturated carbocycles. The van der Waals surface area contributed by atoms with Gasteiger partial charge in [0, 0.05) is 0 Å². The minimum Gasteiger partial charge on any atom is -0.478 e. The number of benzene rings is 3. The fourth-order valence-corrected chi connectivity index (χ4v) is 3.35. The molecule has 9 heteroatoms. The largest absolute Gasteiger partial charge is 0.478 e. The number of carboxylic acid groups (broad SMARTS) is 1. The molecular formula is C24H14Cl2N2O5. The van der Waals surface area contributed by atoms with Gasteiger partial charge in [0.25, 0.3) is 5.91 Å². The number of carboxylic acids is 1. The number of carbonyl (C=O) groups excluding carboxylic acids is 2. The number of nitrogens with zero attached hydrogens (tertiary/aromatic N) is 1. The smallest absolute Gasteiger partial charge is 0.343 e. The first-order valence-corrected chi connectivity index (χ1v) is 10.1. The third-order valence-corrected chi connectivity index (χ3v) is 4.87. The zero-order valence-electron chi connectivity index (χ0n) is 16.7. The van der Waals surface area contributed by atoms with Crippen molar-refractivity contribution in [3.8, 4) is 11.8 Å². The predicted octanol–water partition coefficient (Wildman–Crippen LogP) is 5.46. The molecule has 0 spiro atoms. The number of hydrogen-bond acceptors (Lipinski definition) is 5. The van der Waals surface area contributed by atoms with E-state index in [4.69, 9.17) is 27.9 Å². The predicted molar refractivity (Wildman–Crippen MR) is 123 cm³/mol. The molecule has 0 aromatic heterocycles. The molecular weight excluding hydrogens is 467 g/mol. The van der Waals surface area contributed by atoms with Gasteiger partial charge in [0.15, 0.2) is 5.75 Å². The quantitative estimate of drug-likeness (QED) is 0.209. The summed E-state index contributed by atoms with van der Waals surface area (Å²) < 4.78 is 5.29. The lowest BCUT2D eigenvalue weighted by molar-refractivity contribution is -0.112. The van der Waals surface area contributed by atoms with Crippen molar-refractivity contribution in [2.24, 2.45) is 0 Å². The van der Waals surface area contributed by atoms with Gasteiger partial charge in [-0.2, -0.15) is 5.26 Å². The summed E-state index contributed by atoms with van der Waals surface area (Å²) in [5.74, 6) is -2.77. The van der Waals surface area contributed by atoms with Crippen molar-refractivity contribution in [2.75, 3.05) is 5.32 Å². The molecule has 0 heterocycles. The number of nitrogens with one attached hydrogen (secondary N) is 1. The maximum Gasteiger partial charge on any atom is 0.343 e. The summed E-state index contributed by atoms with van der Waals surface area (Å²) >= 11 is 12.4. The van der Waals surface area contributed by atoms with Crippen LogP contribution in [0.4, 0.5) is 5.69 Å². The Bertz CT molecular complexity index is 1290. The Hall–Kier alpha value is -4.12. The van der Waals surface area contributed by atoms with Crippen LogP contribution in [0.25, 0.3) is 6.08 Å². The Balaban J connectivity index is 1.84. The average molecular weight is 481 g/mol. The summed E-state index contributed by atoms with van der Waals surface area (Å²) in [6.07, 6.45) is 1.22. The van der Waals surface area contributed by atoms with Crippen molar-refractivity contribution in [1.82, 2.24) is 0 Å². The second kappa shape index (κ2) is 10.5. The first-order valence-electron chi connectivity index (χ1n) is 9.32. The summed E-state index contributed by atoms with van der Waals surface area (Å²) in [6.45, 7) is 0. The van der Waals surface area contributed by atoms with Crippen molar-refractivity contribution >= 4 is 52.8 Å². The highest BCUT2D eigenvalue weighted by Crippen LogP contribution is 2.35. The van der Waals surface area contributed by atoms with Gasteiger partial charge in [0.2, 0.25) is 0 Å². The van der Waals surface area contributed by atoms with Crippen LogP contribution in [0, 0.1) is 11.3 Å². The van der Waals surface area contributed by atoms with Crippen LogP contribution in [0.3, 0.4) is 0 Å². The maximum absolute atomic E-state index is 12.5. The van der Waals surface area contributed by atoms with E-state index in [9.17, 15) is 24.8 Å². The second-order valence-corrected chi connectivity index (χ2v) is 7.36. The minimum atomic E-state index is -1.23. The Morgan fingerprint density at radius 3 is 2.18 bits per heavy atom. The average Bonchev–Trinajstić information content (AvgIpc) is 2.80. The maximum atomic E-state index is 12.5. The van der Waals surface area contributed by atoms with E-state index in [0.29, 0.717) is 11.1 Å². The Labute approximate surface area is 198 Å². The fraction of sp³-hybridized carbons (Fsp3) is 0. The van der Waals surface area contributed by atoms with Crippen LogP contribution in [-0.2, 0) is 4.79 Å². The lowest BCUT2D eigenvalue weighted by atomic mass is 10.1.